The molecular formula is C18H30AlN3. The predicted molar refractivity (Wildman–Crippen MR) is 101 cm³/mol. The Morgan fingerprint density at radius 3 is 0.591 bits per heavy atom. The Hall–Kier alpha value is -1.63. The minimum Gasteiger partial charge on any atom is -0.363 e. The SMILES string of the molecule is Cc1ccc(C)[nH]1.Cc1ccc(C)[nH]1.Cc1ccc(C)[nH]1.[AlH3]. The highest BCUT2D eigenvalue weighted by atomic mass is 27.0. The average molecular weight is 315 g/mol. The third-order valence-corrected chi connectivity index (χ3v) is 2.93. The Balaban J connectivity index is 0.000000294. The lowest BCUT2D eigenvalue weighted by molar-refractivity contribution is 1.19. The van der Waals surface area contributed by atoms with Crippen LogP contribution in [0.2, 0.25) is 0 Å². The van der Waals surface area contributed by atoms with Crippen molar-refractivity contribution in [1.29, 1.82) is 0 Å². The Morgan fingerprint density at radius 1 is 0.409 bits per heavy atom. The Morgan fingerprint density at radius 2 is 0.545 bits per heavy atom. The molecule has 0 bridgehead atoms. The van der Waals surface area contributed by atoms with Crippen molar-refractivity contribution >= 4 is 17.4 Å². The van der Waals surface area contributed by atoms with Crippen LogP contribution in [0.15, 0.2) is 36.4 Å². The van der Waals surface area contributed by atoms with E-state index in [0.717, 1.165) is 0 Å². The molecule has 0 saturated carbocycles. The monoisotopic (exact) mass is 315 g/mol. The van der Waals surface area contributed by atoms with E-state index in [-0.39, 0.29) is 17.4 Å². The molecule has 120 valence electrons. The number of aromatic amines is 3. The van der Waals surface area contributed by atoms with Gasteiger partial charge in [-0.1, -0.05) is 0 Å². The normalized spacial score (nSPS) is 9.00. The van der Waals surface area contributed by atoms with E-state index in [1.54, 1.807) is 0 Å². The van der Waals surface area contributed by atoms with Crippen molar-refractivity contribution < 1.29 is 0 Å². The van der Waals surface area contributed by atoms with Crippen molar-refractivity contribution in [1.82, 2.24) is 15.0 Å². The van der Waals surface area contributed by atoms with Crippen molar-refractivity contribution in [2.45, 2.75) is 41.5 Å². The highest BCUT2D eigenvalue weighted by Gasteiger charge is 1.83. The van der Waals surface area contributed by atoms with E-state index in [0.29, 0.717) is 0 Å². The van der Waals surface area contributed by atoms with E-state index in [9.17, 15) is 0 Å². The lowest BCUT2D eigenvalue weighted by Gasteiger charge is -1.77. The van der Waals surface area contributed by atoms with Crippen molar-refractivity contribution in [2.24, 2.45) is 0 Å². The average Bonchev–Trinajstić information content (AvgIpc) is 3.06. The van der Waals surface area contributed by atoms with Crippen LogP contribution in [0.4, 0.5) is 0 Å². The standard InChI is InChI=1S/3C6H9N.Al.3H/c3*1-5-3-4-6(2)7-5;;;;/h3*3-4,7H,1-2H3;;;;. The van der Waals surface area contributed by atoms with Crippen LogP contribution >= 0.6 is 0 Å². The summed E-state index contributed by atoms with van der Waals surface area (Å²) >= 11 is 0. The first-order valence-electron chi connectivity index (χ1n) is 7.23. The molecule has 0 aliphatic heterocycles. The van der Waals surface area contributed by atoms with Crippen LogP contribution in [0.5, 0.6) is 0 Å². The van der Waals surface area contributed by atoms with E-state index in [4.69, 9.17) is 0 Å². The van der Waals surface area contributed by atoms with Crippen molar-refractivity contribution in [2.75, 3.05) is 0 Å². The number of hydrogen-bond donors (Lipinski definition) is 3. The fourth-order valence-corrected chi connectivity index (χ4v) is 1.93. The number of aromatic nitrogens is 3. The summed E-state index contributed by atoms with van der Waals surface area (Å²) in [6, 6.07) is 12.4. The van der Waals surface area contributed by atoms with Crippen molar-refractivity contribution in [3.8, 4) is 0 Å². The quantitative estimate of drug-likeness (QED) is 0.530. The van der Waals surface area contributed by atoms with Gasteiger partial charge in [0.05, 0.1) is 0 Å². The number of H-pyrrole nitrogens is 3. The van der Waals surface area contributed by atoms with Gasteiger partial charge in [0.2, 0.25) is 0 Å². The van der Waals surface area contributed by atoms with Crippen LogP contribution in [0.1, 0.15) is 34.2 Å². The summed E-state index contributed by atoms with van der Waals surface area (Å²) in [5.74, 6) is 0. The third kappa shape index (κ3) is 8.61. The first-order chi connectivity index (χ1) is 9.86. The van der Waals surface area contributed by atoms with Crippen molar-refractivity contribution in [3.05, 3.63) is 70.6 Å². The Kier molecular flexibility index (Phi) is 9.41. The molecule has 0 aliphatic rings. The smallest absolute Gasteiger partial charge is 0.187 e. The summed E-state index contributed by atoms with van der Waals surface area (Å²) in [4.78, 5) is 9.42. The summed E-state index contributed by atoms with van der Waals surface area (Å²) in [7, 11) is 0. The summed E-state index contributed by atoms with van der Waals surface area (Å²) in [5, 5.41) is 0. The van der Waals surface area contributed by atoms with E-state index in [2.05, 4.69) is 51.4 Å². The topological polar surface area (TPSA) is 47.4 Å². The van der Waals surface area contributed by atoms with E-state index >= 15 is 0 Å². The van der Waals surface area contributed by atoms with Gasteiger partial charge in [-0.3, -0.25) is 0 Å². The maximum absolute atomic E-state index is 3.14. The molecule has 0 saturated heterocycles. The molecule has 0 fully saturated rings. The molecule has 0 radical (unpaired) electrons. The summed E-state index contributed by atoms with van der Waals surface area (Å²) < 4.78 is 0. The zero-order chi connectivity index (χ0) is 15.8. The van der Waals surface area contributed by atoms with Gasteiger partial charge in [0.1, 0.15) is 0 Å². The lowest BCUT2D eigenvalue weighted by atomic mass is 10.5. The largest absolute Gasteiger partial charge is 0.363 e. The third-order valence-electron chi connectivity index (χ3n) is 2.93. The second kappa shape index (κ2) is 10.2. The molecule has 3 aromatic heterocycles. The fourth-order valence-electron chi connectivity index (χ4n) is 1.93. The zero-order valence-corrected chi connectivity index (χ0v) is 14.0. The first-order valence-corrected chi connectivity index (χ1v) is 7.23. The van der Waals surface area contributed by atoms with Crippen LogP contribution in [0, 0.1) is 41.5 Å². The predicted octanol–water partition coefficient (Wildman–Crippen LogP) is 3.71. The van der Waals surface area contributed by atoms with Crippen LogP contribution in [0.3, 0.4) is 0 Å². The molecule has 4 heteroatoms. The Bertz CT molecular complexity index is 506. The van der Waals surface area contributed by atoms with Crippen LogP contribution in [-0.2, 0) is 0 Å². The molecule has 0 unspecified atom stereocenters. The Labute approximate surface area is 144 Å². The molecule has 0 atom stereocenters. The van der Waals surface area contributed by atoms with Crippen LogP contribution in [-0.4, -0.2) is 32.3 Å². The second-order valence-corrected chi connectivity index (χ2v) is 5.47. The molecule has 22 heavy (non-hydrogen) atoms. The summed E-state index contributed by atoms with van der Waals surface area (Å²) in [6.07, 6.45) is 0. The molecule has 3 nitrogen and oxygen atoms in total. The lowest BCUT2D eigenvalue weighted by Crippen LogP contribution is -1.67. The maximum Gasteiger partial charge on any atom is 0.187 e. The first kappa shape index (κ1) is 20.4. The minimum absolute atomic E-state index is 0. The molecule has 3 rings (SSSR count). The molecule has 3 aromatic rings. The molecular weight excluding hydrogens is 285 g/mol. The number of rotatable bonds is 0. The highest BCUT2D eigenvalue weighted by Crippen LogP contribution is 1.96. The highest BCUT2D eigenvalue weighted by molar-refractivity contribution is 5.75. The molecule has 0 amide bonds. The zero-order valence-electron chi connectivity index (χ0n) is 14.0. The second-order valence-electron chi connectivity index (χ2n) is 5.47. The van der Waals surface area contributed by atoms with E-state index in [1.165, 1.54) is 34.2 Å². The molecule has 0 spiro atoms. The van der Waals surface area contributed by atoms with Crippen LogP contribution < -0.4 is 0 Å². The van der Waals surface area contributed by atoms with E-state index < -0.39 is 0 Å². The molecule has 0 aliphatic carbocycles. The van der Waals surface area contributed by atoms with Gasteiger partial charge < -0.3 is 15.0 Å². The number of nitrogens with one attached hydrogen (secondary N) is 3. The molecule has 3 heterocycles. The van der Waals surface area contributed by atoms with Gasteiger partial charge in [0.15, 0.2) is 17.4 Å². The minimum atomic E-state index is 0. The molecule has 0 aromatic carbocycles. The van der Waals surface area contributed by atoms with Gasteiger partial charge in [-0.05, 0) is 77.9 Å². The van der Waals surface area contributed by atoms with Gasteiger partial charge in [-0.15, -0.1) is 0 Å². The van der Waals surface area contributed by atoms with Gasteiger partial charge in [0, 0.05) is 34.2 Å². The van der Waals surface area contributed by atoms with Gasteiger partial charge in [-0.2, -0.15) is 0 Å². The van der Waals surface area contributed by atoms with Crippen molar-refractivity contribution in [3.63, 3.8) is 0 Å². The summed E-state index contributed by atoms with van der Waals surface area (Å²) in [6.45, 7) is 12.3. The van der Waals surface area contributed by atoms with Gasteiger partial charge in [0.25, 0.3) is 0 Å². The van der Waals surface area contributed by atoms with Gasteiger partial charge in [-0.25, -0.2) is 0 Å². The van der Waals surface area contributed by atoms with Gasteiger partial charge >= 0.3 is 0 Å². The maximum atomic E-state index is 3.14. The van der Waals surface area contributed by atoms with E-state index in [1.807, 2.05) is 41.5 Å². The van der Waals surface area contributed by atoms with Crippen LogP contribution in [0.25, 0.3) is 0 Å². The summed E-state index contributed by atoms with van der Waals surface area (Å²) in [5.41, 5.74) is 7.40. The fraction of sp³-hybridized carbons (Fsp3) is 0.333. The number of aryl methyl sites for hydroxylation is 6. The number of hydrogen-bond acceptors (Lipinski definition) is 0. The molecule has 3 N–H and O–H groups in total.